The molecule has 0 aliphatic carbocycles. The lowest BCUT2D eigenvalue weighted by Gasteiger charge is -2.12. The van der Waals surface area contributed by atoms with E-state index < -0.39 is 12.8 Å². The molecule has 0 saturated carbocycles. The minimum atomic E-state index is -4.26. The number of hydrogen-bond acceptors (Lipinski definition) is 2. The van der Waals surface area contributed by atoms with Crippen LogP contribution in [-0.4, -0.2) is 50.1 Å². The highest BCUT2D eigenvalue weighted by atomic mass is 19.4. The van der Waals surface area contributed by atoms with Crippen LogP contribution in [0, 0.1) is 0 Å². The standard InChI is InChI=1S/C13H21F3N4O/c1-17-12(19-6-9-20-7-2-3-8-20)18-5-4-10-21-11-13(14,15)16/h2-3,7-8H,4-6,9-11H2,1H3,(H2,17,18,19). The third-order valence-electron chi connectivity index (χ3n) is 2.58. The Hall–Kier alpha value is -1.70. The Morgan fingerprint density at radius 2 is 1.86 bits per heavy atom. The summed E-state index contributed by atoms with van der Waals surface area (Å²) in [6.45, 7) is 0.881. The molecule has 5 nitrogen and oxygen atoms in total. The highest BCUT2D eigenvalue weighted by Crippen LogP contribution is 2.14. The molecule has 0 bridgehead atoms. The van der Waals surface area contributed by atoms with E-state index >= 15 is 0 Å². The summed E-state index contributed by atoms with van der Waals surface area (Å²) in [4.78, 5) is 4.03. The number of nitrogens with one attached hydrogen (secondary N) is 2. The molecule has 0 fully saturated rings. The number of nitrogens with zero attached hydrogens (tertiary/aromatic N) is 2. The molecule has 2 N–H and O–H groups in total. The van der Waals surface area contributed by atoms with Gasteiger partial charge in [0.15, 0.2) is 5.96 Å². The van der Waals surface area contributed by atoms with Crippen LogP contribution in [0.4, 0.5) is 13.2 Å². The van der Waals surface area contributed by atoms with E-state index in [1.165, 1.54) is 0 Å². The van der Waals surface area contributed by atoms with Crippen molar-refractivity contribution in [2.24, 2.45) is 4.99 Å². The number of guanidine groups is 1. The first-order valence-electron chi connectivity index (χ1n) is 6.71. The van der Waals surface area contributed by atoms with Crippen LogP contribution in [0.5, 0.6) is 0 Å². The Kier molecular flexibility index (Phi) is 7.66. The summed E-state index contributed by atoms with van der Waals surface area (Å²) in [7, 11) is 1.64. The zero-order valence-electron chi connectivity index (χ0n) is 12.0. The number of hydrogen-bond donors (Lipinski definition) is 2. The topological polar surface area (TPSA) is 50.6 Å². The lowest BCUT2D eigenvalue weighted by atomic mass is 10.4. The van der Waals surface area contributed by atoms with Crippen molar-refractivity contribution in [2.45, 2.75) is 19.1 Å². The zero-order valence-corrected chi connectivity index (χ0v) is 12.0. The molecule has 1 rings (SSSR count). The van der Waals surface area contributed by atoms with Crippen LogP contribution in [0.3, 0.4) is 0 Å². The van der Waals surface area contributed by atoms with Gasteiger partial charge >= 0.3 is 6.18 Å². The fourth-order valence-electron chi connectivity index (χ4n) is 1.61. The van der Waals surface area contributed by atoms with Crippen molar-refractivity contribution in [3.8, 4) is 0 Å². The van der Waals surface area contributed by atoms with Gasteiger partial charge in [-0.3, -0.25) is 4.99 Å². The number of aliphatic imine (C=N–C) groups is 1. The Labute approximate surface area is 122 Å². The second-order valence-electron chi connectivity index (χ2n) is 4.37. The summed E-state index contributed by atoms with van der Waals surface area (Å²) < 4.78 is 42.0. The van der Waals surface area contributed by atoms with Crippen LogP contribution in [0.2, 0.25) is 0 Å². The monoisotopic (exact) mass is 306 g/mol. The molecular formula is C13H21F3N4O. The number of ether oxygens (including phenoxy) is 1. The van der Waals surface area contributed by atoms with Gasteiger partial charge in [0.2, 0.25) is 0 Å². The van der Waals surface area contributed by atoms with E-state index in [0.29, 0.717) is 25.5 Å². The Morgan fingerprint density at radius 3 is 2.48 bits per heavy atom. The molecule has 0 aromatic carbocycles. The molecule has 8 heteroatoms. The predicted molar refractivity (Wildman–Crippen MR) is 75.3 cm³/mol. The van der Waals surface area contributed by atoms with E-state index in [-0.39, 0.29) is 6.61 Å². The van der Waals surface area contributed by atoms with Crippen LogP contribution in [0.25, 0.3) is 0 Å². The van der Waals surface area contributed by atoms with Gasteiger partial charge in [0.05, 0.1) is 0 Å². The minimum absolute atomic E-state index is 0.0624. The van der Waals surface area contributed by atoms with E-state index in [1.807, 2.05) is 29.1 Å². The quantitative estimate of drug-likeness (QED) is 0.436. The first kappa shape index (κ1) is 17.4. The maximum Gasteiger partial charge on any atom is 0.411 e. The highest BCUT2D eigenvalue weighted by Gasteiger charge is 2.27. The van der Waals surface area contributed by atoms with Crippen molar-refractivity contribution in [1.29, 1.82) is 0 Å². The minimum Gasteiger partial charge on any atom is -0.372 e. The van der Waals surface area contributed by atoms with Crippen LogP contribution in [-0.2, 0) is 11.3 Å². The molecule has 21 heavy (non-hydrogen) atoms. The fraction of sp³-hybridized carbons (Fsp3) is 0.615. The number of rotatable bonds is 8. The van der Waals surface area contributed by atoms with Crippen molar-refractivity contribution < 1.29 is 17.9 Å². The van der Waals surface area contributed by atoms with Gasteiger partial charge in [0.1, 0.15) is 6.61 Å². The van der Waals surface area contributed by atoms with E-state index in [1.54, 1.807) is 7.05 Å². The van der Waals surface area contributed by atoms with Gasteiger partial charge in [0, 0.05) is 45.7 Å². The predicted octanol–water partition coefficient (Wildman–Crippen LogP) is 1.62. The normalized spacial score (nSPS) is 12.5. The van der Waals surface area contributed by atoms with Gasteiger partial charge in [-0.1, -0.05) is 0 Å². The number of halogens is 3. The molecule has 120 valence electrons. The van der Waals surface area contributed by atoms with Gasteiger partial charge in [0.25, 0.3) is 0 Å². The molecule has 0 unspecified atom stereocenters. The lowest BCUT2D eigenvalue weighted by Crippen LogP contribution is -2.39. The van der Waals surface area contributed by atoms with E-state index in [9.17, 15) is 13.2 Å². The first-order chi connectivity index (χ1) is 10.0. The molecule has 0 radical (unpaired) electrons. The van der Waals surface area contributed by atoms with Gasteiger partial charge < -0.3 is 19.9 Å². The average molecular weight is 306 g/mol. The third kappa shape index (κ3) is 8.96. The van der Waals surface area contributed by atoms with Gasteiger partial charge in [-0.05, 0) is 18.6 Å². The van der Waals surface area contributed by atoms with Crippen molar-refractivity contribution in [3.05, 3.63) is 24.5 Å². The molecule has 0 atom stereocenters. The van der Waals surface area contributed by atoms with Crippen molar-refractivity contribution >= 4 is 5.96 Å². The maximum atomic E-state index is 11.8. The summed E-state index contributed by atoms with van der Waals surface area (Å²) in [5.74, 6) is 0.623. The molecule has 1 aromatic heterocycles. The summed E-state index contributed by atoms with van der Waals surface area (Å²) in [5, 5.41) is 6.14. The Morgan fingerprint density at radius 1 is 1.19 bits per heavy atom. The zero-order chi connectivity index (χ0) is 15.6. The molecule has 1 heterocycles. The highest BCUT2D eigenvalue weighted by molar-refractivity contribution is 5.79. The van der Waals surface area contributed by atoms with E-state index in [2.05, 4.69) is 20.4 Å². The van der Waals surface area contributed by atoms with E-state index in [0.717, 1.165) is 6.54 Å². The molecule has 0 saturated heterocycles. The van der Waals surface area contributed by atoms with Crippen molar-refractivity contribution in [1.82, 2.24) is 15.2 Å². The van der Waals surface area contributed by atoms with Crippen molar-refractivity contribution in [3.63, 3.8) is 0 Å². The molecule has 1 aromatic rings. The second-order valence-corrected chi connectivity index (χ2v) is 4.37. The Bertz CT molecular complexity index is 404. The molecule has 0 spiro atoms. The second kappa shape index (κ2) is 9.28. The maximum absolute atomic E-state index is 11.8. The third-order valence-corrected chi connectivity index (χ3v) is 2.58. The molecule has 0 aliphatic heterocycles. The number of aromatic nitrogens is 1. The number of alkyl halides is 3. The van der Waals surface area contributed by atoms with Crippen molar-refractivity contribution in [2.75, 3.05) is 33.4 Å². The molecule has 0 aliphatic rings. The summed E-state index contributed by atoms with van der Waals surface area (Å²) in [5.41, 5.74) is 0. The summed E-state index contributed by atoms with van der Waals surface area (Å²) in [6, 6.07) is 3.90. The lowest BCUT2D eigenvalue weighted by molar-refractivity contribution is -0.173. The van der Waals surface area contributed by atoms with E-state index in [4.69, 9.17) is 0 Å². The Balaban J connectivity index is 2.03. The van der Waals surface area contributed by atoms with Crippen LogP contribution in [0.1, 0.15) is 6.42 Å². The van der Waals surface area contributed by atoms with Crippen LogP contribution < -0.4 is 10.6 Å². The SMILES string of the molecule is CN=C(NCCCOCC(F)(F)F)NCCn1cccc1. The largest absolute Gasteiger partial charge is 0.411 e. The molecular weight excluding hydrogens is 285 g/mol. The summed E-state index contributed by atoms with van der Waals surface area (Å²) >= 11 is 0. The molecule has 0 amide bonds. The first-order valence-corrected chi connectivity index (χ1v) is 6.71. The van der Waals surface area contributed by atoms with Gasteiger partial charge in [-0.2, -0.15) is 13.2 Å². The van der Waals surface area contributed by atoms with Gasteiger partial charge in [-0.15, -0.1) is 0 Å². The van der Waals surface area contributed by atoms with Crippen LogP contribution in [0.15, 0.2) is 29.5 Å². The fourth-order valence-corrected chi connectivity index (χ4v) is 1.61. The summed E-state index contributed by atoms with van der Waals surface area (Å²) in [6.07, 6.45) is 0.156. The van der Waals surface area contributed by atoms with Gasteiger partial charge in [-0.25, -0.2) is 0 Å². The van der Waals surface area contributed by atoms with Crippen LogP contribution >= 0.6 is 0 Å². The average Bonchev–Trinajstić information content (AvgIpc) is 2.92. The smallest absolute Gasteiger partial charge is 0.372 e.